The zero-order valence-electron chi connectivity index (χ0n) is 14.7. The zero-order chi connectivity index (χ0) is 18.0. The molecule has 0 aliphatic carbocycles. The number of aryl methyl sites for hydroxylation is 1. The topological polar surface area (TPSA) is 55.3 Å². The number of nitrogens with zero attached hydrogens (tertiary/aromatic N) is 3. The molecule has 0 radical (unpaired) electrons. The van der Waals surface area contributed by atoms with Crippen molar-refractivity contribution < 1.29 is 9.53 Å². The Labute approximate surface area is 157 Å². The normalized spacial score (nSPS) is 16.1. The molecule has 1 aliphatic rings. The van der Waals surface area contributed by atoms with Crippen LogP contribution in [0.4, 0.5) is 0 Å². The van der Waals surface area contributed by atoms with Gasteiger partial charge in [0.05, 0.1) is 0 Å². The van der Waals surface area contributed by atoms with Crippen molar-refractivity contribution in [2.24, 2.45) is 0 Å². The minimum absolute atomic E-state index is 0.00865. The summed E-state index contributed by atoms with van der Waals surface area (Å²) in [6, 6.07) is 7.07. The van der Waals surface area contributed by atoms with E-state index in [0.29, 0.717) is 16.7 Å². The van der Waals surface area contributed by atoms with E-state index in [1.807, 2.05) is 25.7 Å². The van der Waals surface area contributed by atoms with E-state index in [2.05, 4.69) is 10.2 Å². The van der Waals surface area contributed by atoms with Crippen molar-refractivity contribution in [1.29, 1.82) is 0 Å². The van der Waals surface area contributed by atoms with E-state index in [1.54, 1.807) is 35.6 Å². The molecule has 0 spiro atoms. The van der Waals surface area contributed by atoms with Gasteiger partial charge >= 0.3 is 0 Å². The second-order valence-electron chi connectivity index (χ2n) is 6.79. The number of amides is 1. The number of halogens is 1. The molecule has 7 heteroatoms. The number of piperidine rings is 1. The van der Waals surface area contributed by atoms with Crippen LogP contribution in [-0.4, -0.2) is 39.7 Å². The number of hydrogen-bond donors (Lipinski definition) is 0. The molecule has 3 rings (SSSR count). The van der Waals surface area contributed by atoms with Gasteiger partial charge in [-0.2, -0.15) is 0 Å². The minimum atomic E-state index is -0.917. The summed E-state index contributed by atoms with van der Waals surface area (Å²) >= 11 is 7.54. The SMILES string of the molecule is Cc1nnc(C2CCN(C(=O)C(C)(C)Oc3ccc(Cl)cc3)CC2)s1. The molecule has 1 amide bonds. The van der Waals surface area contributed by atoms with E-state index in [0.717, 1.165) is 35.9 Å². The lowest BCUT2D eigenvalue weighted by molar-refractivity contribution is -0.146. The third kappa shape index (κ3) is 4.30. The molecule has 134 valence electrons. The van der Waals surface area contributed by atoms with Gasteiger partial charge in [-0.1, -0.05) is 11.6 Å². The standard InChI is InChI=1S/C18H22ClN3O2S/c1-12-20-21-16(25-12)13-8-10-22(11-9-13)17(23)18(2,3)24-15-6-4-14(19)5-7-15/h4-7,13H,8-11H2,1-3H3. The Kier molecular flexibility index (Phi) is 5.29. The Balaban J connectivity index is 1.60. The van der Waals surface area contributed by atoms with E-state index in [-0.39, 0.29) is 5.91 Å². The fraction of sp³-hybridized carbons (Fsp3) is 0.500. The Morgan fingerprint density at radius 2 is 1.88 bits per heavy atom. The summed E-state index contributed by atoms with van der Waals surface area (Å²) in [7, 11) is 0. The van der Waals surface area contributed by atoms with Crippen molar-refractivity contribution in [2.45, 2.75) is 45.1 Å². The molecule has 2 aromatic rings. The summed E-state index contributed by atoms with van der Waals surface area (Å²) in [5.74, 6) is 1.05. The molecular weight excluding hydrogens is 358 g/mol. The molecule has 0 bridgehead atoms. The fourth-order valence-corrected chi connectivity index (χ4v) is 4.02. The van der Waals surface area contributed by atoms with Gasteiger partial charge in [0.1, 0.15) is 15.8 Å². The molecule has 0 saturated carbocycles. The smallest absolute Gasteiger partial charge is 0.266 e. The quantitative estimate of drug-likeness (QED) is 0.803. The highest BCUT2D eigenvalue weighted by Crippen LogP contribution is 2.31. The van der Waals surface area contributed by atoms with Crippen molar-refractivity contribution >= 4 is 28.8 Å². The molecule has 2 heterocycles. The van der Waals surface area contributed by atoms with E-state index in [9.17, 15) is 4.79 Å². The van der Waals surface area contributed by atoms with Gasteiger partial charge in [0.2, 0.25) is 0 Å². The Hall–Kier alpha value is -1.66. The predicted octanol–water partition coefficient (Wildman–Crippen LogP) is 4.06. The lowest BCUT2D eigenvalue weighted by Crippen LogP contribution is -2.51. The van der Waals surface area contributed by atoms with Gasteiger partial charge in [0.15, 0.2) is 5.60 Å². The van der Waals surface area contributed by atoms with Crippen LogP contribution >= 0.6 is 22.9 Å². The number of rotatable bonds is 4. The first-order valence-electron chi connectivity index (χ1n) is 8.39. The minimum Gasteiger partial charge on any atom is -0.478 e. The van der Waals surface area contributed by atoms with Crippen LogP contribution in [-0.2, 0) is 4.79 Å². The van der Waals surface area contributed by atoms with Crippen LogP contribution in [0.1, 0.15) is 42.6 Å². The van der Waals surface area contributed by atoms with E-state index in [1.165, 1.54) is 0 Å². The number of benzene rings is 1. The lowest BCUT2D eigenvalue weighted by atomic mass is 9.96. The number of carbonyl (C=O) groups is 1. The zero-order valence-corrected chi connectivity index (χ0v) is 16.2. The highest BCUT2D eigenvalue weighted by molar-refractivity contribution is 7.11. The average Bonchev–Trinajstić information content (AvgIpc) is 3.03. The number of likely N-dealkylation sites (tertiary alicyclic amines) is 1. The summed E-state index contributed by atoms with van der Waals surface area (Å²) in [4.78, 5) is 14.8. The van der Waals surface area contributed by atoms with Crippen LogP contribution < -0.4 is 4.74 Å². The van der Waals surface area contributed by atoms with Gasteiger partial charge in [-0.25, -0.2) is 0 Å². The maximum atomic E-state index is 12.9. The third-order valence-corrected chi connectivity index (χ3v) is 5.63. The molecule has 1 saturated heterocycles. The molecule has 1 fully saturated rings. The largest absolute Gasteiger partial charge is 0.478 e. The monoisotopic (exact) mass is 379 g/mol. The maximum absolute atomic E-state index is 12.9. The molecule has 1 aliphatic heterocycles. The summed E-state index contributed by atoms with van der Waals surface area (Å²) in [5.41, 5.74) is -0.917. The molecule has 0 atom stereocenters. The molecule has 1 aromatic heterocycles. The molecule has 5 nitrogen and oxygen atoms in total. The van der Waals surface area contributed by atoms with Crippen LogP contribution in [0.15, 0.2) is 24.3 Å². The number of aromatic nitrogens is 2. The molecule has 0 unspecified atom stereocenters. The second-order valence-corrected chi connectivity index (χ2v) is 8.44. The molecule has 1 aromatic carbocycles. The first-order chi connectivity index (χ1) is 11.8. The number of ether oxygens (including phenoxy) is 1. The third-order valence-electron chi connectivity index (χ3n) is 4.37. The van der Waals surface area contributed by atoms with Crippen LogP contribution in [0, 0.1) is 6.92 Å². The van der Waals surface area contributed by atoms with Crippen molar-refractivity contribution in [3.63, 3.8) is 0 Å². The Morgan fingerprint density at radius 1 is 1.24 bits per heavy atom. The van der Waals surface area contributed by atoms with E-state index in [4.69, 9.17) is 16.3 Å². The second kappa shape index (κ2) is 7.30. The van der Waals surface area contributed by atoms with Gasteiger partial charge in [-0.15, -0.1) is 21.5 Å². The van der Waals surface area contributed by atoms with Gasteiger partial charge in [-0.05, 0) is 57.9 Å². The van der Waals surface area contributed by atoms with E-state index >= 15 is 0 Å². The number of hydrogen-bond acceptors (Lipinski definition) is 5. The number of carbonyl (C=O) groups excluding carboxylic acids is 1. The summed E-state index contributed by atoms with van der Waals surface area (Å²) in [6.45, 7) is 7.02. The van der Waals surface area contributed by atoms with Crippen LogP contribution in [0.3, 0.4) is 0 Å². The fourth-order valence-electron chi connectivity index (χ4n) is 3.03. The van der Waals surface area contributed by atoms with Crippen molar-refractivity contribution in [1.82, 2.24) is 15.1 Å². The van der Waals surface area contributed by atoms with Gasteiger partial charge < -0.3 is 9.64 Å². The first-order valence-corrected chi connectivity index (χ1v) is 9.58. The molecule has 25 heavy (non-hydrogen) atoms. The van der Waals surface area contributed by atoms with Crippen molar-refractivity contribution in [2.75, 3.05) is 13.1 Å². The van der Waals surface area contributed by atoms with Crippen molar-refractivity contribution in [3.8, 4) is 5.75 Å². The van der Waals surface area contributed by atoms with Gasteiger partial charge in [-0.3, -0.25) is 4.79 Å². The Bertz CT molecular complexity index is 737. The predicted molar refractivity (Wildman–Crippen MR) is 99.4 cm³/mol. The summed E-state index contributed by atoms with van der Waals surface area (Å²) in [5, 5.41) is 11.1. The van der Waals surface area contributed by atoms with E-state index < -0.39 is 5.60 Å². The summed E-state index contributed by atoms with van der Waals surface area (Å²) < 4.78 is 5.92. The highest BCUT2D eigenvalue weighted by atomic mass is 35.5. The molecular formula is C18H22ClN3O2S. The highest BCUT2D eigenvalue weighted by Gasteiger charge is 2.36. The maximum Gasteiger partial charge on any atom is 0.266 e. The molecule has 0 N–H and O–H groups in total. The van der Waals surface area contributed by atoms with Crippen molar-refractivity contribution in [3.05, 3.63) is 39.3 Å². The van der Waals surface area contributed by atoms with Crippen LogP contribution in [0.5, 0.6) is 5.75 Å². The van der Waals surface area contributed by atoms with Crippen LogP contribution in [0.25, 0.3) is 0 Å². The first kappa shape index (κ1) is 18.1. The van der Waals surface area contributed by atoms with Crippen LogP contribution in [0.2, 0.25) is 5.02 Å². The van der Waals surface area contributed by atoms with Gasteiger partial charge in [0, 0.05) is 24.0 Å². The lowest BCUT2D eigenvalue weighted by Gasteiger charge is -2.36. The van der Waals surface area contributed by atoms with Gasteiger partial charge in [0.25, 0.3) is 5.91 Å². The summed E-state index contributed by atoms with van der Waals surface area (Å²) in [6.07, 6.45) is 1.83. The average molecular weight is 380 g/mol. The Morgan fingerprint density at radius 3 is 2.44 bits per heavy atom.